The Hall–Kier alpha value is -1.59. The molecule has 0 bridgehead atoms. The zero-order chi connectivity index (χ0) is 14.0. The van der Waals surface area contributed by atoms with E-state index >= 15 is 0 Å². The second kappa shape index (κ2) is 5.59. The fourth-order valence-electron chi connectivity index (χ4n) is 1.43. The molecule has 19 heavy (non-hydrogen) atoms. The highest BCUT2D eigenvalue weighted by atomic mass is 79.9. The third-order valence-corrected chi connectivity index (χ3v) is 3.35. The summed E-state index contributed by atoms with van der Waals surface area (Å²) in [6.07, 6.45) is 0. The van der Waals surface area contributed by atoms with Crippen LogP contribution in [0.25, 0.3) is 0 Å². The van der Waals surface area contributed by atoms with Gasteiger partial charge in [-0.1, -0.05) is 11.6 Å². The standard InChI is InChI=1S/C13H8BrClFNO2/c14-9-3-1-7(5-12(9)18)13(19)17-8-2-4-11(16)10(15)6-8/h1-6,18H,(H,17,19). The monoisotopic (exact) mass is 343 g/mol. The molecule has 0 aliphatic rings. The van der Waals surface area contributed by atoms with E-state index in [0.29, 0.717) is 10.2 Å². The predicted molar refractivity (Wildman–Crippen MR) is 75.2 cm³/mol. The number of hydrogen-bond donors (Lipinski definition) is 2. The van der Waals surface area contributed by atoms with E-state index in [1.54, 1.807) is 12.1 Å². The minimum absolute atomic E-state index is 0.0372. The van der Waals surface area contributed by atoms with Crippen LogP contribution in [0.4, 0.5) is 10.1 Å². The van der Waals surface area contributed by atoms with E-state index in [1.807, 2.05) is 0 Å². The maximum Gasteiger partial charge on any atom is 0.255 e. The van der Waals surface area contributed by atoms with Crippen LogP contribution >= 0.6 is 27.5 Å². The molecule has 0 atom stereocenters. The van der Waals surface area contributed by atoms with Gasteiger partial charge in [-0.25, -0.2) is 4.39 Å². The molecular formula is C13H8BrClFNO2. The second-order valence-corrected chi connectivity index (χ2v) is 5.01. The largest absolute Gasteiger partial charge is 0.507 e. The van der Waals surface area contributed by atoms with Crippen molar-refractivity contribution in [2.45, 2.75) is 0 Å². The van der Waals surface area contributed by atoms with Gasteiger partial charge < -0.3 is 10.4 Å². The lowest BCUT2D eigenvalue weighted by molar-refractivity contribution is 0.102. The Labute approximate surface area is 122 Å². The van der Waals surface area contributed by atoms with E-state index in [9.17, 15) is 14.3 Å². The SMILES string of the molecule is O=C(Nc1ccc(F)c(Cl)c1)c1ccc(Br)c(O)c1. The summed E-state index contributed by atoms with van der Waals surface area (Å²) in [4.78, 5) is 11.9. The van der Waals surface area contributed by atoms with Gasteiger partial charge in [0.05, 0.1) is 9.50 Å². The zero-order valence-corrected chi connectivity index (χ0v) is 11.8. The first-order chi connectivity index (χ1) is 8.97. The fraction of sp³-hybridized carbons (Fsp3) is 0. The number of aromatic hydroxyl groups is 1. The van der Waals surface area contributed by atoms with Crippen molar-refractivity contribution in [2.75, 3.05) is 5.32 Å². The number of anilines is 1. The number of rotatable bonds is 2. The molecule has 2 rings (SSSR count). The maximum atomic E-state index is 13.0. The minimum atomic E-state index is -0.555. The number of halogens is 3. The van der Waals surface area contributed by atoms with Crippen molar-refractivity contribution >= 4 is 39.1 Å². The van der Waals surface area contributed by atoms with Crippen LogP contribution in [0.1, 0.15) is 10.4 Å². The van der Waals surface area contributed by atoms with Crippen molar-refractivity contribution in [1.29, 1.82) is 0 Å². The van der Waals surface area contributed by atoms with Crippen LogP contribution in [-0.4, -0.2) is 11.0 Å². The van der Waals surface area contributed by atoms with Gasteiger partial charge in [0.25, 0.3) is 5.91 Å². The molecule has 0 unspecified atom stereocenters. The smallest absolute Gasteiger partial charge is 0.255 e. The van der Waals surface area contributed by atoms with Gasteiger partial charge in [-0.05, 0) is 52.3 Å². The summed E-state index contributed by atoms with van der Waals surface area (Å²) in [6, 6.07) is 8.30. The first-order valence-corrected chi connectivity index (χ1v) is 6.39. The Balaban J connectivity index is 2.20. The van der Waals surface area contributed by atoms with E-state index in [-0.39, 0.29) is 16.3 Å². The van der Waals surface area contributed by atoms with Gasteiger partial charge in [0.2, 0.25) is 0 Å². The lowest BCUT2D eigenvalue weighted by Crippen LogP contribution is -2.11. The maximum absolute atomic E-state index is 13.0. The second-order valence-electron chi connectivity index (χ2n) is 3.75. The molecule has 0 radical (unpaired) electrons. The number of nitrogens with one attached hydrogen (secondary N) is 1. The molecule has 0 aliphatic carbocycles. The normalized spacial score (nSPS) is 10.3. The van der Waals surface area contributed by atoms with Crippen LogP contribution in [0.3, 0.4) is 0 Å². The average molecular weight is 345 g/mol. The van der Waals surface area contributed by atoms with Crippen LogP contribution in [0.15, 0.2) is 40.9 Å². The highest BCUT2D eigenvalue weighted by molar-refractivity contribution is 9.10. The van der Waals surface area contributed by atoms with E-state index in [0.717, 1.165) is 6.07 Å². The average Bonchev–Trinajstić information content (AvgIpc) is 2.37. The molecule has 0 aromatic heterocycles. The fourth-order valence-corrected chi connectivity index (χ4v) is 1.86. The van der Waals surface area contributed by atoms with Crippen molar-refractivity contribution in [2.24, 2.45) is 0 Å². The molecular weight excluding hydrogens is 337 g/mol. The summed E-state index contributed by atoms with van der Waals surface area (Å²) in [5.41, 5.74) is 0.653. The third-order valence-electron chi connectivity index (χ3n) is 2.39. The van der Waals surface area contributed by atoms with Gasteiger partial charge in [0.1, 0.15) is 11.6 Å². The Morgan fingerprint density at radius 1 is 1.26 bits per heavy atom. The highest BCUT2D eigenvalue weighted by Gasteiger charge is 2.09. The van der Waals surface area contributed by atoms with Gasteiger partial charge in [0, 0.05) is 11.3 Å². The summed E-state index contributed by atoms with van der Waals surface area (Å²) < 4.78 is 13.5. The summed E-state index contributed by atoms with van der Waals surface area (Å²) >= 11 is 8.74. The number of hydrogen-bond acceptors (Lipinski definition) is 2. The predicted octanol–water partition coefficient (Wildman–Crippen LogP) is 4.20. The first kappa shape index (κ1) is 13.8. The molecule has 0 saturated carbocycles. The van der Waals surface area contributed by atoms with Gasteiger partial charge in [-0.15, -0.1) is 0 Å². The van der Waals surface area contributed by atoms with Crippen LogP contribution < -0.4 is 5.32 Å². The molecule has 0 saturated heterocycles. The molecule has 1 amide bonds. The Morgan fingerprint density at radius 3 is 2.63 bits per heavy atom. The number of phenolic OH excluding ortho intramolecular Hbond substituents is 1. The van der Waals surface area contributed by atoms with Crippen molar-refractivity contribution in [3.05, 3.63) is 57.3 Å². The Morgan fingerprint density at radius 2 is 2.00 bits per heavy atom. The summed E-state index contributed by atoms with van der Waals surface area (Å²) in [5, 5.41) is 12.0. The molecule has 2 aromatic rings. The summed E-state index contributed by atoms with van der Waals surface area (Å²) in [7, 11) is 0. The molecule has 3 nitrogen and oxygen atoms in total. The lowest BCUT2D eigenvalue weighted by Gasteiger charge is -2.07. The van der Waals surface area contributed by atoms with Crippen LogP contribution in [0, 0.1) is 5.82 Å². The molecule has 6 heteroatoms. The van der Waals surface area contributed by atoms with Crippen LogP contribution in [0.5, 0.6) is 5.75 Å². The number of amides is 1. The molecule has 2 aromatic carbocycles. The molecule has 2 N–H and O–H groups in total. The van der Waals surface area contributed by atoms with E-state index < -0.39 is 11.7 Å². The molecule has 0 fully saturated rings. The van der Waals surface area contributed by atoms with Gasteiger partial charge in [-0.3, -0.25) is 4.79 Å². The Bertz CT molecular complexity index is 649. The molecule has 0 spiro atoms. The van der Waals surface area contributed by atoms with E-state index in [4.69, 9.17) is 11.6 Å². The summed E-state index contributed by atoms with van der Waals surface area (Å²) in [5.74, 6) is -1.02. The topological polar surface area (TPSA) is 49.3 Å². The molecule has 0 aliphatic heterocycles. The van der Waals surface area contributed by atoms with Gasteiger partial charge in [0.15, 0.2) is 0 Å². The third kappa shape index (κ3) is 3.24. The number of phenols is 1. The quantitative estimate of drug-likeness (QED) is 0.858. The van der Waals surface area contributed by atoms with Crippen LogP contribution in [-0.2, 0) is 0 Å². The van der Waals surface area contributed by atoms with Crippen LogP contribution in [0.2, 0.25) is 5.02 Å². The number of carbonyl (C=O) groups is 1. The summed E-state index contributed by atoms with van der Waals surface area (Å²) in [6.45, 7) is 0. The first-order valence-electron chi connectivity index (χ1n) is 5.22. The van der Waals surface area contributed by atoms with E-state index in [1.165, 1.54) is 18.2 Å². The zero-order valence-electron chi connectivity index (χ0n) is 9.45. The number of carbonyl (C=O) groups excluding carboxylic acids is 1. The molecule has 98 valence electrons. The van der Waals surface area contributed by atoms with Crippen molar-refractivity contribution in [3.63, 3.8) is 0 Å². The van der Waals surface area contributed by atoms with Gasteiger partial charge in [-0.2, -0.15) is 0 Å². The minimum Gasteiger partial charge on any atom is -0.507 e. The van der Waals surface area contributed by atoms with E-state index in [2.05, 4.69) is 21.2 Å². The Kier molecular flexibility index (Phi) is 4.07. The van der Waals surface area contributed by atoms with Gasteiger partial charge >= 0.3 is 0 Å². The number of benzene rings is 2. The highest BCUT2D eigenvalue weighted by Crippen LogP contribution is 2.25. The van der Waals surface area contributed by atoms with Crippen molar-refractivity contribution in [1.82, 2.24) is 0 Å². The molecule has 0 heterocycles. The van der Waals surface area contributed by atoms with Crippen molar-refractivity contribution in [3.8, 4) is 5.75 Å². The lowest BCUT2D eigenvalue weighted by atomic mass is 10.2. The van der Waals surface area contributed by atoms with Crippen molar-refractivity contribution < 1.29 is 14.3 Å².